The predicted octanol–water partition coefficient (Wildman–Crippen LogP) is 3.06. The Morgan fingerprint density at radius 3 is 2.50 bits per heavy atom. The van der Waals surface area contributed by atoms with E-state index in [1.54, 1.807) is 11.4 Å². The summed E-state index contributed by atoms with van der Waals surface area (Å²) in [6, 6.07) is 0. The lowest BCUT2D eigenvalue weighted by Gasteiger charge is -1.94. The molecule has 0 rings (SSSR count). The fraction of sp³-hybridized carbons (Fsp3) is 0.222. The first kappa shape index (κ1) is 9.31. The van der Waals surface area contributed by atoms with Gasteiger partial charge in [0.25, 0.3) is 0 Å². The second kappa shape index (κ2) is 6.43. The van der Waals surface area contributed by atoms with Crippen LogP contribution in [0.4, 0.5) is 0 Å². The largest absolute Gasteiger partial charge is 0.0991 e. The van der Waals surface area contributed by atoms with Gasteiger partial charge in [0.2, 0.25) is 0 Å². The number of thiocarbonyl (C=S) groups is 1. The third-order valence-corrected chi connectivity index (χ3v) is 1.38. The second-order valence-corrected chi connectivity index (χ2v) is 2.22. The van der Waals surface area contributed by atoms with Crippen molar-refractivity contribution in [1.82, 2.24) is 0 Å². The molecule has 10 heavy (non-hydrogen) atoms. The van der Waals surface area contributed by atoms with Crippen LogP contribution in [0.1, 0.15) is 12.8 Å². The number of hydrogen-bond acceptors (Lipinski definition) is 1. The molecule has 0 atom stereocenters. The van der Waals surface area contributed by atoms with Crippen LogP contribution in [-0.4, -0.2) is 5.37 Å². The zero-order valence-corrected chi connectivity index (χ0v) is 6.86. The van der Waals surface area contributed by atoms with Gasteiger partial charge in [0.1, 0.15) is 0 Å². The van der Waals surface area contributed by atoms with Crippen LogP contribution < -0.4 is 0 Å². The summed E-state index contributed by atoms with van der Waals surface area (Å²) in [5.41, 5.74) is 1.19. The van der Waals surface area contributed by atoms with E-state index in [0.29, 0.717) is 0 Å². The Hall–Kier alpha value is -0.690. The van der Waals surface area contributed by atoms with Crippen molar-refractivity contribution in [2.24, 2.45) is 0 Å². The molecule has 0 aliphatic rings. The molecule has 0 aliphatic carbocycles. The van der Waals surface area contributed by atoms with Crippen molar-refractivity contribution in [2.45, 2.75) is 12.8 Å². The highest BCUT2D eigenvalue weighted by molar-refractivity contribution is 7.78. The Bertz CT molecular complexity index is 154. The van der Waals surface area contributed by atoms with Crippen molar-refractivity contribution in [3.63, 3.8) is 0 Å². The molecule has 54 valence electrons. The molecule has 0 spiro atoms. The van der Waals surface area contributed by atoms with E-state index in [9.17, 15) is 0 Å². The maximum atomic E-state index is 4.69. The number of rotatable bonds is 5. The number of allylic oxidation sites excluding steroid dienone is 4. The number of hydrogen-bond donors (Lipinski definition) is 0. The maximum Gasteiger partial charge on any atom is -0.0205 e. The van der Waals surface area contributed by atoms with Gasteiger partial charge in [0, 0.05) is 0 Å². The minimum absolute atomic E-state index is 0.932. The molecule has 0 aliphatic heterocycles. The van der Waals surface area contributed by atoms with Gasteiger partial charge >= 0.3 is 0 Å². The summed E-state index contributed by atoms with van der Waals surface area (Å²) in [7, 11) is 0. The van der Waals surface area contributed by atoms with Gasteiger partial charge in [0.15, 0.2) is 0 Å². The van der Waals surface area contributed by atoms with Crippen molar-refractivity contribution < 1.29 is 0 Å². The van der Waals surface area contributed by atoms with Crippen LogP contribution in [0.15, 0.2) is 37.0 Å². The minimum Gasteiger partial charge on any atom is -0.0991 e. The summed E-state index contributed by atoms with van der Waals surface area (Å²) in [6.07, 6.45) is 7.45. The Labute approximate surface area is 67.9 Å². The summed E-state index contributed by atoms with van der Waals surface area (Å²) in [5, 5.41) is 1.74. The fourth-order valence-corrected chi connectivity index (χ4v) is 0.748. The molecule has 0 radical (unpaired) electrons. The van der Waals surface area contributed by atoms with Crippen LogP contribution >= 0.6 is 12.2 Å². The highest BCUT2D eigenvalue weighted by atomic mass is 32.1. The summed E-state index contributed by atoms with van der Waals surface area (Å²) in [4.78, 5) is 0. The van der Waals surface area contributed by atoms with Gasteiger partial charge in [-0.15, -0.1) is 0 Å². The summed E-state index contributed by atoms with van der Waals surface area (Å²) in [5.74, 6) is 0. The summed E-state index contributed by atoms with van der Waals surface area (Å²) >= 11 is 4.69. The average Bonchev–Trinajstić information content (AvgIpc) is 1.98. The second-order valence-electron chi connectivity index (χ2n) is 1.89. The van der Waals surface area contributed by atoms with E-state index in [0.717, 1.165) is 12.8 Å². The third-order valence-electron chi connectivity index (χ3n) is 1.14. The smallest absolute Gasteiger partial charge is 0.0205 e. The molecule has 0 heterocycles. The standard InChI is InChI=1S/C9H12S/c1-3-6-9(4-2)7-5-8-10/h3-4,6,8H,1-2,5,7H2/b9-6+. The van der Waals surface area contributed by atoms with Crippen molar-refractivity contribution in [3.8, 4) is 0 Å². The van der Waals surface area contributed by atoms with E-state index in [1.165, 1.54) is 5.57 Å². The van der Waals surface area contributed by atoms with Gasteiger partial charge < -0.3 is 0 Å². The fourth-order valence-electron chi connectivity index (χ4n) is 0.630. The monoisotopic (exact) mass is 152 g/mol. The van der Waals surface area contributed by atoms with Crippen LogP contribution in [-0.2, 0) is 0 Å². The van der Waals surface area contributed by atoms with Crippen LogP contribution in [0.3, 0.4) is 0 Å². The molecular formula is C9H12S. The van der Waals surface area contributed by atoms with E-state index >= 15 is 0 Å². The highest BCUT2D eigenvalue weighted by Crippen LogP contribution is 2.04. The normalized spacial score (nSPS) is 10.6. The van der Waals surface area contributed by atoms with E-state index in [-0.39, 0.29) is 0 Å². The van der Waals surface area contributed by atoms with E-state index in [4.69, 9.17) is 12.2 Å². The molecule has 0 fully saturated rings. The van der Waals surface area contributed by atoms with Crippen molar-refractivity contribution in [3.05, 3.63) is 37.0 Å². The first-order valence-corrected chi connectivity index (χ1v) is 3.70. The van der Waals surface area contributed by atoms with Crippen LogP contribution in [0, 0.1) is 0 Å². The van der Waals surface area contributed by atoms with Gasteiger partial charge in [-0.1, -0.05) is 43.6 Å². The molecule has 0 bridgehead atoms. The van der Waals surface area contributed by atoms with Gasteiger partial charge in [-0.2, -0.15) is 0 Å². The molecule has 0 saturated heterocycles. The topological polar surface area (TPSA) is 0 Å². The maximum absolute atomic E-state index is 4.69. The molecule has 0 unspecified atom stereocenters. The molecule has 0 saturated carbocycles. The first-order chi connectivity index (χ1) is 4.85. The molecule has 0 nitrogen and oxygen atoms in total. The zero-order chi connectivity index (χ0) is 7.82. The van der Waals surface area contributed by atoms with Crippen molar-refractivity contribution >= 4 is 17.6 Å². The quantitative estimate of drug-likeness (QED) is 0.431. The zero-order valence-electron chi connectivity index (χ0n) is 6.05. The molecule has 1 heteroatoms. The first-order valence-electron chi connectivity index (χ1n) is 3.22. The lowest BCUT2D eigenvalue weighted by molar-refractivity contribution is 1.07. The van der Waals surface area contributed by atoms with Crippen molar-refractivity contribution in [1.29, 1.82) is 0 Å². The Morgan fingerprint density at radius 2 is 2.10 bits per heavy atom. The lowest BCUT2D eigenvalue weighted by atomic mass is 10.1. The third kappa shape index (κ3) is 4.21. The van der Waals surface area contributed by atoms with Crippen LogP contribution in [0.5, 0.6) is 0 Å². The average molecular weight is 152 g/mol. The Balaban J connectivity index is 3.81. The summed E-state index contributed by atoms with van der Waals surface area (Å²) in [6.45, 7) is 7.26. The molecule has 0 aromatic carbocycles. The molecular weight excluding hydrogens is 140 g/mol. The molecule has 0 aromatic heterocycles. The lowest BCUT2D eigenvalue weighted by Crippen LogP contribution is -1.77. The van der Waals surface area contributed by atoms with Crippen LogP contribution in [0.25, 0.3) is 0 Å². The van der Waals surface area contributed by atoms with E-state index in [1.807, 2.05) is 12.2 Å². The molecule has 0 N–H and O–H groups in total. The van der Waals surface area contributed by atoms with Gasteiger partial charge in [-0.05, 0) is 23.8 Å². The Kier molecular flexibility index (Phi) is 5.99. The molecule has 0 aromatic rings. The predicted molar refractivity (Wildman–Crippen MR) is 51.4 cm³/mol. The van der Waals surface area contributed by atoms with E-state index < -0.39 is 0 Å². The van der Waals surface area contributed by atoms with E-state index in [2.05, 4.69) is 13.2 Å². The van der Waals surface area contributed by atoms with Crippen molar-refractivity contribution in [2.75, 3.05) is 0 Å². The SMILES string of the molecule is C=C/C=C(\C=C)CCC=S. The minimum atomic E-state index is 0.932. The van der Waals surface area contributed by atoms with Crippen LogP contribution in [0.2, 0.25) is 0 Å². The van der Waals surface area contributed by atoms with Gasteiger partial charge in [0.05, 0.1) is 0 Å². The van der Waals surface area contributed by atoms with Gasteiger partial charge in [-0.3, -0.25) is 0 Å². The molecule has 0 amide bonds. The van der Waals surface area contributed by atoms with Gasteiger partial charge in [-0.25, -0.2) is 0 Å². The Morgan fingerprint density at radius 1 is 1.40 bits per heavy atom. The summed E-state index contributed by atoms with van der Waals surface area (Å²) < 4.78 is 0. The highest BCUT2D eigenvalue weighted by Gasteiger charge is 1.86.